The molecule has 0 saturated carbocycles. The van der Waals surface area contributed by atoms with Crippen LogP contribution in [0.1, 0.15) is 28.1 Å². The summed E-state index contributed by atoms with van der Waals surface area (Å²) in [6.45, 7) is 3.70. The van der Waals surface area contributed by atoms with Gasteiger partial charge >= 0.3 is 0 Å². The Hall–Kier alpha value is -5.54. The predicted molar refractivity (Wildman–Crippen MR) is 174 cm³/mol. The van der Waals surface area contributed by atoms with Crippen molar-refractivity contribution >= 4 is 23.0 Å². The number of hydrogen-bond donors (Lipinski definition) is 1. The van der Waals surface area contributed by atoms with Gasteiger partial charge in [0.2, 0.25) is 5.89 Å². The van der Waals surface area contributed by atoms with E-state index in [1.807, 2.05) is 85.8 Å². The van der Waals surface area contributed by atoms with Crippen molar-refractivity contribution in [2.75, 3.05) is 14.2 Å². The maximum absolute atomic E-state index is 10.9. The monoisotopic (exact) mass is 599 g/mol. The van der Waals surface area contributed by atoms with Crippen molar-refractivity contribution in [3.63, 3.8) is 0 Å². The smallest absolute Gasteiger partial charge is 0.231 e. The number of hydrogen-bond acceptors (Lipinski definition) is 9. The Morgan fingerprint density at radius 3 is 2.22 bits per heavy atom. The zero-order valence-corrected chi connectivity index (χ0v) is 25.3. The van der Waals surface area contributed by atoms with Gasteiger partial charge < -0.3 is 19.0 Å². The van der Waals surface area contributed by atoms with Gasteiger partial charge in [0, 0.05) is 43.8 Å². The van der Waals surface area contributed by atoms with Crippen molar-refractivity contribution in [1.29, 1.82) is 0 Å². The molecule has 0 fully saturated rings. The minimum absolute atomic E-state index is 0.0729. The maximum atomic E-state index is 10.9. The maximum Gasteiger partial charge on any atom is 0.231 e. The second-order valence-corrected chi connectivity index (χ2v) is 10.6. The van der Waals surface area contributed by atoms with Gasteiger partial charge in [0.1, 0.15) is 28.5 Å². The number of methoxy groups -OCH3 is 2. The molecule has 0 radical (unpaired) electrons. The molecular formula is C36H33N5O4. The lowest BCUT2D eigenvalue weighted by Gasteiger charge is -2.23. The first kappa shape index (κ1) is 29.5. The molecule has 0 unspecified atom stereocenters. The molecule has 0 amide bonds. The van der Waals surface area contributed by atoms with E-state index in [1.54, 1.807) is 38.9 Å². The Morgan fingerprint density at radius 2 is 1.56 bits per heavy atom. The lowest BCUT2D eigenvalue weighted by Crippen LogP contribution is -2.23. The average Bonchev–Trinajstić information content (AvgIpc) is 3.48. The highest BCUT2D eigenvalue weighted by atomic mass is 16.5. The van der Waals surface area contributed by atoms with Gasteiger partial charge in [0.15, 0.2) is 5.58 Å². The van der Waals surface area contributed by atoms with Crippen molar-refractivity contribution in [3.8, 4) is 28.7 Å². The van der Waals surface area contributed by atoms with Crippen LogP contribution in [0, 0.1) is 6.92 Å². The summed E-state index contributed by atoms with van der Waals surface area (Å²) in [5.74, 6) is 1.61. The molecule has 45 heavy (non-hydrogen) atoms. The molecule has 0 aliphatic carbocycles. The second kappa shape index (κ2) is 13.4. The first-order valence-corrected chi connectivity index (χ1v) is 14.5. The van der Waals surface area contributed by atoms with E-state index in [4.69, 9.17) is 18.9 Å². The standard InChI is InChI=1S/C36H33N5O4/c1-24-13-14-30-34(17-24)45-36(40-30)29-19-32(43-2)26(18-33(29)44-3)20-39-35-25(9-8-12-31(35)42)21-41(22-27-10-4-6-15-37-27)23-28-11-5-7-16-38-28/h4-20,42H,21-23H2,1-3H3/b39-20+. The van der Waals surface area contributed by atoms with Crippen LogP contribution in [0.4, 0.5) is 5.69 Å². The van der Waals surface area contributed by atoms with Gasteiger partial charge in [-0.25, -0.2) is 4.98 Å². The summed E-state index contributed by atoms with van der Waals surface area (Å²) in [6, 6.07) is 26.7. The number of fused-ring (bicyclic) bond motifs is 1. The molecule has 0 aliphatic heterocycles. The number of phenolic OH excluding ortho intramolecular Hbond substituents is 1. The number of pyridine rings is 2. The first-order chi connectivity index (χ1) is 22.0. The van der Waals surface area contributed by atoms with Crippen LogP contribution in [-0.4, -0.2) is 45.4 Å². The van der Waals surface area contributed by atoms with E-state index in [1.165, 1.54) is 0 Å². The molecule has 0 atom stereocenters. The van der Waals surface area contributed by atoms with Crippen LogP contribution in [0.2, 0.25) is 0 Å². The summed E-state index contributed by atoms with van der Waals surface area (Å²) in [4.78, 5) is 20.7. The molecule has 0 spiro atoms. The zero-order valence-electron chi connectivity index (χ0n) is 25.3. The fourth-order valence-corrected chi connectivity index (χ4v) is 5.18. The summed E-state index contributed by atoms with van der Waals surface area (Å²) in [5, 5.41) is 10.9. The number of benzene rings is 3. The van der Waals surface area contributed by atoms with Crippen LogP contribution >= 0.6 is 0 Å². The Labute approximate surface area is 261 Å². The molecule has 9 nitrogen and oxygen atoms in total. The third-order valence-electron chi connectivity index (χ3n) is 7.37. The number of aromatic nitrogens is 3. The highest BCUT2D eigenvalue weighted by molar-refractivity contribution is 5.89. The molecule has 6 rings (SSSR count). The topological polar surface area (TPSA) is 106 Å². The molecule has 226 valence electrons. The summed E-state index contributed by atoms with van der Waals surface area (Å²) >= 11 is 0. The molecule has 3 heterocycles. The van der Waals surface area contributed by atoms with Gasteiger partial charge in [-0.3, -0.25) is 19.9 Å². The molecule has 3 aromatic carbocycles. The fourth-order valence-electron chi connectivity index (χ4n) is 5.18. The van der Waals surface area contributed by atoms with Gasteiger partial charge in [-0.05, 0) is 72.6 Å². The third-order valence-corrected chi connectivity index (χ3v) is 7.37. The number of aromatic hydroxyl groups is 1. The second-order valence-electron chi connectivity index (χ2n) is 10.6. The van der Waals surface area contributed by atoms with Gasteiger partial charge in [-0.2, -0.15) is 0 Å². The molecule has 0 bridgehead atoms. The molecule has 0 saturated heterocycles. The van der Waals surface area contributed by atoms with E-state index in [-0.39, 0.29) is 5.75 Å². The minimum Gasteiger partial charge on any atom is -0.506 e. The predicted octanol–water partition coefficient (Wildman–Crippen LogP) is 7.27. The molecule has 0 aliphatic rings. The van der Waals surface area contributed by atoms with Crippen molar-refractivity contribution < 1.29 is 19.0 Å². The zero-order chi connectivity index (χ0) is 31.2. The first-order valence-electron chi connectivity index (χ1n) is 14.5. The molecule has 6 aromatic rings. The highest BCUT2D eigenvalue weighted by Gasteiger charge is 2.18. The summed E-state index contributed by atoms with van der Waals surface area (Å²) in [6.07, 6.45) is 5.24. The number of ether oxygens (including phenoxy) is 2. The van der Waals surface area contributed by atoms with Crippen molar-refractivity contribution in [1.82, 2.24) is 19.9 Å². The Balaban J connectivity index is 1.32. The van der Waals surface area contributed by atoms with Gasteiger partial charge in [0.05, 0.1) is 31.2 Å². The molecular weight excluding hydrogens is 566 g/mol. The normalized spacial score (nSPS) is 11.5. The van der Waals surface area contributed by atoms with Gasteiger partial charge in [0.25, 0.3) is 0 Å². The van der Waals surface area contributed by atoms with Crippen LogP contribution in [0.15, 0.2) is 107 Å². The highest BCUT2D eigenvalue weighted by Crippen LogP contribution is 2.38. The van der Waals surface area contributed by atoms with E-state index in [0.717, 1.165) is 28.0 Å². The Kier molecular flexibility index (Phi) is 8.79. The summed E-state index contributed by atoms with van der Waals surface area (Å²) in [7, 11) is 3.19. The SMILES string of the molecule is COc1cc(-c2nc3ccc(C)cc3o2)c(OC)cc1/C=N/c1c(O)cccc1CN(Cc1ccccn1)Cc1ccccn1. The van der Waals surface area contributed by atoms with Crippen molar-refractivity contribution in [2.24, 2.45) is 4.99 Å². The molecule has 3 aromatic heterocycles. The lowest BCUT2D eigenvalue weighted by molar-refractivity contribution is 0.242. The van der Waals surface area contributed by atoms with Gasteiger partial charge in [-0.1, -0.05) is 30.3 Å². The number of phenols is 1. The third kappa shape index (κ3) is 6.84. The Bertz CT molecular complexity index is 1900. The van der Waals surface area contributed by atoms with Gasteiger partial charge in [-0.15, -0.1) is 0 Å². The minimum atomic E-state index is 0.0729. The number of oxazole rings is 1. The molecule has 9 heteroatoms. The van der Waals surface area contributed by atoms with Crippen LogP contribution in [0.25, 0.3) is 22.6 Å². The number of rotatable bonds is 11. The van der Waals surface area contributed by atoms with Crippen LogP contribution < -0.4 is 9.47 Å². The average molecular weight is 600 g/mol. The van der Waals surface area contributed by atoms with Crippen molar-refractivity contribution in [2.45, 2.75) is 26.6 Å². The van der Waals surface area contributed by atoms with E-state index >= 15 is 0 Å². The van der Waals surface area contributed by atoms with E-state index in [0.29, 0.717) is 59.4 Å². The molecule has 1 N–H and O–H groups in total. The van der Waals surface area contributed by atoms with E-state index in [9.17, 15) is 5.11 Å². The van der Waals surface area contributed by atoms with E-state index in [2.05, 4.69) is 19.9 Å². The lowest BCUT2D eigenvalue weighted by atomic mass is 10.1. The quantitative estimate of drug-likeness (QED) is 0.155. The van der Waals surface area contributed by atoms with Crippen LogP contribution in [0.5, 0.6) is 17.2 Å². The largest absolute Gasteiger partial charge is 0.506 e. The van der Waals surface area contributed by atoms with E-state index < -0.39 is 0 Å². The summed E-state index contributed by atoms with van der Waals surface area (Å²) in [5.41, 5.74) is 7.04. The fraction of sp³-hybridized carbons (Fsp3) is 0.167. The van der Waals surface area contributed by atoms with Crippen molar-refractivity contribution in [3.05, 3.63) is 125 Å². The number of aliphatic imine (C=N–C) groups is 1. The van der Waals surface area contributed by atoms with Crippen LogP contribution in [0.3, 0.4) is 0 Å². The number of nitrogens with zero attached hydrogens (tertiary/aromatic N) is 5. The summed E-state index contributed by atoms with van der Waals surface area (Å²) < 4.78 is 17.6. The number of aryl methyl sites for hydroxylation is 1. The Morgan fingerprint density at radius 1 is 0.822 bits per heavy atom. The number of para-hydroxylation sites is 1. The van der Waals surface area contributed by atoms with Crippen LogP contribution in [-0.2, 0) is 19.6 Å².